The molecule has 0 aliphatic heterocycles. The van der Waals surface area contributed by atoms with Crippen LogP contribution in [0.25, 0.3) is 0 Å². The fourth-order valence-corrected chi connectivity index (χ4v) is 5.19. The molecule has 2 unspecified atom stereocenters. The van der Waals surface area contributed by atoms with Crippen molar-refractivity contribution in [3.05, 3.63) is 12.2 Å². The summed E-state index contributed by atoms with van der Waals surface area (Å²) in [5.41, 5.74) is 0. The van der Waals surface area contributed by atoms with E-state index in [9.17, 15) is 8.42 Å². The van der Waals surface area contributed by atoms with Gasteiger partial charge in [-0.3, -0.25) is 0 Å². The van der Waals surface area contributed by atoms with E-state index in [1.807, 2.05) is 4.57 Å². The molecule has 2 aliphatic rings. The van der Waals surface area contributed by atoms with Gasteiger partial charge in [-0.15, -0.1) is 10.2 Å². The number of sulfonamides is 1. The lowest BCUT2D eigenvalue weighted by atomic mass is 9.83. The first-order chi connectivity index (χ1) is 9.95. The molecule has 7 heteroatoms. The summed E-state index contributed by atoms with van der Waals surface area (Å²) in [6.45, 7) is 4.53. The second-order valence-electron chi connectivity index (χ2n) is 6.79. The third-order valence-corrected chi connectivity index (χ3v) is 6.40. The molecule has 1 aromatic heterocycles. The van der Waals surface area contributed by atoms with Gasteiger partial charge in [-0.25, -0.2) is 13.1 Å². The van der Waals surface area contributed by atoms with Gasteiger partial charge in [0.1, 0.15) is 12.2 Å². The lowest BCUT2D eigenvalue weighted by molar-refractivity contribution is 0.300. The molecule has 2 atom stereocenters. The molecule has 118 valence electrons. The highest BCUT2D eigenvalue weighted by Gasteiger charge is 2.33. The highest BCUT2D eigenvalue weighted by atomic mass is 32.2. The van der Waals surface area contributed by atoms with Crippen LogP contribution in [0.5, 0.6) is 0 Å². The number of nitrogens with one attached hydrogen (secondary N) is 1. The van der Waals surface area contributed by atoms with Crippen LogP contribution < -0.4 is 4.72 Å². The molecule has 1 heterocycles. The van der Waals surface area contributed by atoms with Gasteiger partial charge in [0.05, 0.1) is 11.8 Å². The largest absolute Gasteiger partial charge is 0.313 e. The van der Waals surface area contributed by atoms with Crippen LogP contribution in [0.3, 0.4) is 0 Å². The Kier molecular flexibility index (Phi) is 4.05. The molecule has 2 fully saturated rings. The standard InChI is InChI=1S/C14H24N4O2S/c1-10-5-11(2)7-13(6-10)21(19,20)16-8-14-17-15-9-18(14)12-3-4-12/h9-13,16H,3-8H2,1-2H3. The van der Waals surface area contributed by atoms with Crippen molar-refractivity contribution in [1.29, 1.82) is 0 Å². The number of hydrogen-bond acceptors (Lipinski definition) is 4. The van der Waals surface area contributed by atoms with E-state index in [-0.39, 0.29) is 11.8 Å². The van der Waals surface area contributed by atoms with Crippen LogP contribution in [0.4, 0.5) is 0 Å². The van der Waals surface area contributed by atoms with Gasteiger partial charge in [0, 0.05) is 6.04 Å². The molecular formula is C14H24N4O2S. The summed E-state index contributed by atoms with van der Waals surface area (Å²) in [6.07, 6.45) is 6.61. The summed E-state index contributed by atoms with van der Waals surface area (Å²) in [5, 5.41) is 7.67. The van der Waals surface area contributed by atoms with Gasteiger partial charge in [-0.05, 0) is 43.9 Å². The van der Waals surface area contributed by atoms with E-state index >= 15 is 0 Å². The summed E-state index contributed by atoms with van der Waals surface area (Å²) in [5.74, 6) is 1.67. The van der Waals surface area contributed by atoms with Gasteiger partial charge in [0.25, 0.3) is 0 Å². The minimum Gasteiger partial charge on any atom is -0.313 e. The highest BCUT2D eigenvalue weighted by Crippen LogP contribution is 2.35. The SMILES string of the molecule is CC1CC(C)CC(S(=O)(=O)NCc2nncn2C2CC2)C1. The monoisotopic (exact) mass is 312 g/mol. The zero-order chi connectivity index (χ0) is 15.0. The predicted octanol–water partition coefficient (Wildman–Crippen LogP) is 1.86. The average molecular weight is 312 g/mol. The first-order valence-corrected chi connectivity index (χ1v) is 9.37. The molecule has 0 amide bonds. The Hall–Kier alpha value is -0.950. The maximum atomic E-state index is 12.5. The molecule has 1 aromatic rings. The maximum absolute atomic E-state index is 12.5. The normalized spacial score (nSPS) is 30.5. The first kappa shape index (κ1) is 15.0. The van der Waals surface area contributed by atoms with E-state index in [2.05, 4.69) is 28.8 Å². The summed E-state index contributed by atoms with van der Waals surface area (Å²) >= 11 is 0. The lowest BCUT2D eigenvalue weighted by Crippen LogP contribution is -2.39. The zero-order valence-corrected chi connectivity index (χ0v) is 13.5. The summed E-state index contributed by atoms with van der Waals surface area (Å²) in [6, 6.07) is 0.467. The van der Waals surface area contributed by atoms with Crippen molar-refractivity contribution in [3.8, 4) is 0 Å². The summed E-state index contributed by atoms with van der Waals surface area (Å²) in [7, 11) is -3.28. The molecule has 21 heavy (non-hydrogen) atoms. The maximum Gasteiger partial charge on any atom is 0.214 e. The smallest absolute Gasteiger partial charge is 0.214 e. The number of nitrogens with zero attached hydrogens (tertiary/aromatic N) is 3. The Morgan fingerprint density at radius 3 is 2.52 bits per heavy atom. The summed E-state index contributed by atoms with van der Waals surface area (Å²) < 4.78 is 29.7. The van der Waals surface area contributed by atoms with Crippen molar-refractivity contribution in [2.75, 3.05) is 0 Å². The van der Waals surface area contributed by atoms with E-state index in [0.717, 1.165) is 37.9 Å². The average Bonchev–Trinajstić information content (AvgIpc) is 3.14. The van der Waals surface area contributed by atoms with Crippen molar-refractivity contribution in [3.63, 3.8) is 0 Å². The van der Waals surface area contributed by atoms with Crippen molar-refractivity contribution < 1.29 is 8.42 Å². The van der Waals surface area contributed by atoms with Gasteiger partial charge >= 0.3 is 0 Å². The molecule has 2 saturated carbocycles. The third-order valence-electron chi connectivity index (χ3n) is 4.59. The molecule has 0 bridgehead atoms. The van der Waals surface area contributed by atoms with Crippen molar-refractivity contribution in [2.45, 2.75) is 63.8 Å². The first-order valence-electron chi connectivity index (χ1n) is 7.82. The molecule has 0 saturated heterocycles. The summed E-state index contributed by atoms with van der Waals surface area (Å²) in [4.78, 5) is 0. The number of hydrogen-bond donors (Lipinski definition) is 1. The van der Waals surface area contributed by atoms with Crippen LogP contribution in [-0.4, -0.2) is 28.4 Å². The van der Waals surface area contributed by atoms with Crippen LogP contribution in [0.15, 0.2) is 6.33 Å². The van der Waals surface area contributed by atoms with E-state index in [1.54, 1.807) is 6.33 Å². The fourth-order valence-electron chi connectivity index (χ4n) is 3.46. The minimum absolute atomic E-state index is 0.248. The van der Waals surface area contributed by atoms with Gasteiger partial charge in [0.15, 0.2) is 0 Å². The van der Waals surface area contributed by atoms with Crippen molar-refractivity contribution >= 4 is 10.0 Å². The van der Waals surface area contributed by atoms with E-state index in [1.165, 1.54) is 0 Å². The molecular weight excluding hydrogens is 288 g/mol. The molecule has 0 spiro atoms. The van der Waals surface area contributed by atoms with E-state index < -0.39 is 10.0 Å². The molecule has 3 rings (SSSR count). The molecule has 0 aromatic carbocycles. The van der Waals surface area contributed by atoms with Crippen LogP contribution in [0.2, 0.25) is 0 Å². The van der Waals surface area contributed by atoms with Crippen molar-refractivity contribution in [1.82, 2.24) is 19.5 Å². The highest BCUT2D eigenvalue weighted by molar-refractivity contribution is 7.90. The number of rotatable bonds is 5. The Morgan fingerprint density at radius 1 is 1.24 bits per heavy atom. The van der Waals surface area contributed by atoms with Crippen LogP contribution in [-0.2, 0) is 16.6 Å². The Labute approximate surface area is 126 Å². The van der Waals surface area contributed by atoms with Crippen molar-refractivity contribution in [2.24, 2.45) is 11.8 Å². The topological polar surface area (TPSA) is 76.9 Å². The molecule has 1 N–H and O–H groups in total. The van der Waals surface area contributed by atoms with Gasteiger partial charge < -0.3 is 4.57 Å². The van der Waals surface area contributed by atoms with Gasteiger partial charge in [-0.1, -0.05) is 13.8 Å². The second-order valence-corrected chi connectivity index (χ2v) is 8.84. The Bertz CT molecular complexity index is 584. The Balaban J connectivity index is 1.64. The second kappa shape index (κ2) is 5.68. The Morgan fingerprint density at radius 2 is 1.90 bits per heavy atom. The molecule has 0 radical (unpaired) electrons. The van der Waals surface area contributed by atoms with E-state index in [4.69, 9.17) is 0 Å². The lowest BCUT2D eigenvalue weighted by Gasteiger charge is -2.31. The molecule has 6 nitrogen and oxygen atoms in total. The minimum atomic E-state index is -3.28. The quantitative estimate of drug-likeness (QED) is 0.900. The van der Waals surface area contributed by atoms with Crippen LogP contribution >= 0.6 is 0 Å². The zero-order valence-electron chi connectivity index (χ0n) is 12.7. The van der Waals surface area contributed by atoms with Crippen LogP contribution in [0, 0.1) is 11.8 Å². The fraction of sp³-hybridized carbons (Fsp3) is 0.857. The number of aromatic nitrogens is 3. The molecule has 2 aliphatic carbocycles. The third kappa shape index (κ3) is 3.45. The van der Waals surface area contributed by atoms with Crippen LogP contribution in [0.1, 0.15) is 57.8 Å². The van der Waals surface area contributed by atoms with Gasteiger partial charge in [0.2, 0.25) is 10.0 Å². The predicted molar refractivity (Wildman–Crippen MR) is 80.0 cm³/mol. The van der Waals surface area contributed by atoms with E-state index in [0.29, 0.717) is 17.9 Å². The van der Waals surface area contributed by atoms with Gasteiger partial charge in [-0.2, -0.15) is 0 Å².